The van der Waals surface area contributed by atoms with Crippen LogP contribution in [0, 0.1) is 6.92 Å². The molecule has 1 N–H and O–H groups in total. The van der Waals surface area contributed by atoms with Crippen LogP contribution < -0.4 is 0 Å². The third kappa shape index (κ3) is 3.78. The van der Waals surface area contributed by atoms with Gasteiger partial charge in [-0.1, -0.05) is 60.7 Å². The summed E-state index contributed by atoms with van der Waals surface area (Å²) in [6.07, 6.45) is 5.34. The van der Waals surface area contributed by atoms with Crippen LogP contribution in [-0.4, -0.2) is 39.0 Å². The molecule has 1 amide bonds. The number of carbonyl (C=O) groups excluding carboxylic acids is 1. The van der Waals surface area contributed by atoms with Crippen LogP contribution >= 0.6 is 0 Å². The Labute approximate surface area is 171 Å². The molecule has 1 saturated heterocycles. The minimum Gasteiger partial charge on any atom is -0.372 e. The zero-order valence-corrected chi connectivity index (χ0v) is 16.5. The topological polar surface area (TPSA) is 66.3 Å². The van der Waals surface area contributed by atoms with E-state index in [2.05, 4.69) is 9.97 Å². The lowest BCUT2D eigenvalue weighted by molar-refractivity contribution is -0.149. The van der Waals surface area contributed by atoms with Gasteiger partial charge in [-0.25, -0.2) is 0 Å². The fourth-order valence-corrected chi connectivity index (χ4v) is 4.08. The number of hydrogen-bond donors (Lipinski definition) is 1. The van der Waals surface area contributed by atoms with Gasteiger partial charge < -0.3 is 10.0 Å². The van der Waals surface area contributed by atoms with Crippen molar-refractivity contribution in [3.63, 3.8) is 0 Å². The van der Waals surface area contributed by atoms with Crippen molar-refractivity contribution >= 4 is 5.91 Å². The molecule has 0 spiro atoms. The van der Waals surface area contributed by atoms with Gasteiger partial charge in [0.2, 0.25) is 0 Å². The van der Waals surface area contributed by atoms with Crippen LogP contribution in [0.5, 0.6) is 0 Å². The van der Waals surface area contributed by atoms with E-state index < -0.39 is 5.60 Å². The van der Waals surface area contributed by atoms with Gasteiger partial charge in [0.1, 0.15) is 0 Å². The number of piperidine rings is 1. The molecule has 2 aromatic carbocycles. The number of aromatic nitrogens is 2. The van der Waals surface area contributed by atoms with Crippen molar-refractivity contribution in [3.8, 4) is 0 Å². The van der Waals surface area contributed by atoms with E-state index >= 15 is 0 Å². The van der Waals surface area contributed by atoms with Gasteiger partial charge in [-0.05, 0) is 30.9 Å². The van der Waals surface area contributed by atoms with Gasteiger partial charge in [-0.15, -0.1) is 0 Å². The summed E-state index contributed by atoms with van der Waals surface area (Å²) in [7, 11) is 0. The highest BCUT2D eigenvalue weighted by Crippen LogP contribution is 2.34. The van der Waals surface area contributed by atoms with Crippen LogP contribution in [0.4, 0.5) is 0 Å². The zero-order chi connectivity index (χ0) is 20.3. The Morgan fingerprint density at radius 1 is 1.03 bits per heavy atom. The molecule has 0 bridgehead atoms. The van der Waals surface area contributed by atoms with Crippen molar-refractivity contribution in [2.45, 2.75) is 31.3 Å². The van der Waals surface area contributed by atoms with Crippen LogP contribution in [0.25, 0.3) is 0 Å². The predicted octanol–water partition coefficient (Wildman–Crippen LogP) is 3.43. The SMILES string of the molecule is Cc1cncc([C@H]2CCCN(C(=O)C(O)(c3ccccc3)c3ccccc3)C2)n1. The average Bonchev–Trinajstić information content (AvgIpc) is 2.79. The molecule has 4 rings (SSSR count). The molecule has 2 heterocycles. The molecule has 1 atom stereocenters. The molecule has 0 aliphatic carbocycles. The second-order valence-corrected chi connectivity index (χ2v) is 7.62. The molecule has 0 saturated carbocycles. The number of likely N-dealkylation sites (tertiary alicyclic amines) is 1. The number of nitrogens with zero attached hydrogens (tertiary/aromatic N) is 3. The normalized spacial score (nSPS) is 17.2. The van der Waals surface area contributed by atoms with Crippen molar-refractivity contribution in [1.29, 1.82) is 0 Å². The van der Waals surface area contributed by atoms with Gasteiger partial charge in [0.05, 0.1) is 11.4 Å². The van der Waals surface area contributed by atoms with E-state index in [-0.39, 0.29) is 11.8 Å². The summed E-state index contributed by atoms with van der Waals surface area (Å²) < 4.78 is 0. The summed E-state index contributed by atoms with van der Waals surface area (Å²) in [5, 5.41) is 11.8. The number of benzene rings is 2. The molecule has 5 heteroatoms. The highest BCUT2D eigenvalue weighted by molar-refractivity contribution is 5.90. The minimum atomic E-state index is -1.72. The van der Waals surface area contributed by atoms with Gasteiger partial charge in [0.25, 0.3) is 5.91 Å². The molecule has 0 unspecified atom stereocenters. The summed E-state index contributed by atoms with van der Waals surface area (Å²) in [5.74, 6) is -0.170. The predicted molar refractivity (Wildman–Crippen MR) is 111 cm³/mol. The molecule has 1 aliphatic heterocycles. The number of rotatable bonds is 4. The Bertz CT molecular complexity index is 936. The van der Waals surface area contributed by atoms with E-state index in [9.17, 15) is 9.90 Å². The molecule has 5 nitrogen and oxygen atoms in total. The Morgan fingerprint density at radius 3 is 2.24 bits per heavy atom. The van der Waals surface area contributed by atoms with Crippen LogP contribution in [0.2, 0.25) is 0 Å². The van der Waals surface area contributed by atoms with E-state index in [0.717, 1.165) is 24.2 Å². The highest BCUT2D eigenvalue weighted by atomic mass is 16.3. The summed E-state index contributed by atoms with van der Waals surface area (Å²) in [5.41, 5.74) is 1.21. The van der Waals surface area contributed by atoms with E-state index in [1.54, 1.807) is 41.6 Å². The highest BCUT2D eigenvalue weighted by Gasteiger charge is 2.43. The second-order valence-electron chi connectivity index (χ2n) is 7.62. The van der Waals surface area contributed by atoms with E-state index in [4.69, 9.17) is 0 Å². The molecule has 3 aromatic rings. The molecule has 148 valence electrons. The third-order valence-corrected chi connectivity index (χ3v) is 5.59. The fraction of sp³-hybridized carbons (Fsp3) is 0.292. The smallest absolute Gasteiger partial charge is 0.263 e. The zero-order valence-electron chi connectivity index (χ0n) is 16.5. The maximum atomic E-state index is 13.7. The molecule has 1 fully saturated rings. The Morgan fingerprint density at radius 2 is 1.66 bits per heavy atom. The van der Waals surface area contributed by atoms with E-state index in [1.165, 1.54) is 0 Å². The first kappa shape index (κ1) is 19.3. The first-order valence-corrected chi connectivity index (χ1v) is 10.0. The number of carbonyl (C=O) groups is 1. The molecule has 0 radical (unpaired) electrons. The Balaban J connectivity index is 1.68. The lowest BCUT2D eigenvalue weighted by Gasteiger charge is -2.38. The molecular weight excluding hydrogens is 362 g/mol. The van der Waals surface area contributed by atoms with E-state index in [0.29, 0.717) is 24.2 Å². The number of aliphatic hydroxyl groups is 1. The summed E-state index contributed by atoms with van der Waals surface area (Å²) >= 11 is 0. The third-order valence-electron chi connectivity index (χ3n) is 5.59. The maximum absolute atomic E-state index is 13.7. The Kier molecular flexibility index (Phi) is 5.41. The number of aryl methyl sites for hydroxylation is 1. The van der Waals surface area contributed by atoms with Crippen LogP contribution in [0.3, 0.4) is 0 Å². The molecule has 29 heavy (non-hydrogen) atoms. The number of hydrogen-bond acceptors (Lipinski definition) is 4. The van der Waals surface area contributed by atoms with Crippen LogP contribution in [0.1, 0.15) is 41.3 Å². The average molecular weight is 387 g/mol. The van der Waals surface area contributed by atoms with Gasteiger partial charge in [0.15, 0.2) is 5.60 Å². The fourth-order valence-electron chi connectivity index (χ4n) is 4.08. The maximum Gasteiger partial charge on any atom is 0.263 e. The van der Waals surface area contributed by atoms with Crippen molar-refractivity contribution in [1.82, 2.24) is 14.9 Å². The first-order valence-electron chi connectivity index (χ1n) is 10.0. The largest absolute Gasteiger partial charge is 0.372 e. The number of amides is 1. The lowest BCUT2D eigenvalue weighted by atomic mass is 9.83. The van der Waals surface area contributed by atoms with Gasteiger partial charge in [-0.2, -0.15) is 0 Å². The standard InChI is InChI=1S/C24H25N3O2/c1-18-15-25-16-22(26-18)19-9-8-14-27(17-19)23(28)24(29,20-10-4-2-5-11-20)21-12-6-3-7-13-21/h2-7,10-13,15-16,19,29H,8-9,14,17H2,1H3/t19-/m0/s1. The molecule has 1 aliphatic rings. The minimum absolute atomic E-state index is 0.121. The summed E-state index contributed by atoms with van der Waals surface area (Å²) in [6.45, 7) is 3.07. The van der Waals surface area contributed by atoms with E-state index in [1.807, 2.05) is 43.3 Å². The van der Waals surface area contributed by atoms with Crippen molar-refractivity contribution in [3.05, 3.63) is 95.6 Å². The summed E-state index contributed by atoms with van der Waals surface area (Å²) in [4.78, 5) is 24.3. The quantitative estimate of drug-likeness (QED) is 0.745. The van der Waals surface area contributed by atoms with Crippen molar-refractivity contribution in [2.24, 2.45) is 0 Å². The molecule has 1 aromatic heterocycles. The summed E-state index contributed by atoms with van der Waals surface area (Å²) in [6, 6.07) is 18.4. The van der Waals surface area contributed by atoms with Crippen LogP contribution in [0.15, 0.2) is 73.1 Å². The van der Waals surface area contributed by atoms with Gasteiger partial charge >= 0.3 is 0 Å². The Hall–Kier alpha value is -3.05. The first-order chi connectivity index (χ1) is 14.1. The van der Waals surface area contributed by atoms with Gasteiger partial charge in [0, 0.05) is 31.4 Å². The second kappa shape index (κ2) is 8.13. The lowest BCUT2D eigenvalue weighted by Crippen LogP contribution is -2.50. The van der Waals surface area contributed by atoms with Gasteiger partial charge in [-0.3, -0.25) is 14.8 Å². The molecular formula is C24H25N3O2. The van der Waals surface area contributed by atoms with Crippen molar-refractivity contribution < 1.29 is 9.90 Å². The van der Waals surface area contributed by atoms with Crippen LogP contribution in [-0.2, 0) is 10.4 Å². The van der Waals surface area contributed by atoms with Crippen molar-refractivity contribution in [2.75, 3.05) is 13.1 Å². The monoisotopic (exact) mass is 387 g/mol.